The van der Waals surface area contributed by atoms with Gasteiger partial charge in [-0.2, -0.15) is 0 Å². The Morgan fingerprint density at radius 2 is 1.94 bits per heavy atom. The van der Waals surface area contributed by atoms with Gasteiger partial charge in [-0.1, -0.05) is 24.3 Å². The molecule has 1 rings (SSSR count). The Balaban J connectivity index is 0.00000256. The van der Waals surface area contributed by atoms with Gasteiger partial charge in [0.1, 0.15) is 0 Å². The van der Waals surface area contributed by atoms with Crippen molar-refractivity contribution in [1.82, 2.24) is 4.90 Å². The van der Waals surface area contributed by atoms with Crippen LogP contribution in [0.15, 0.2) is 24.3 Å². The van der Waals surface area contributed by atoms with Crippen molar-refractivity contribution in [2.45, 2.75) is 25.8 Å². The molecule has 0 radical (unpaired) electrons. The minimum absolute atomic E-state index is 0. The summed E-state index contributed by atoms with van der Waals surface area (Å²) in [5.41, 5.74) is 7.98. The highest BCUT2D eigenvalue weighted by Crippen LogP contribution is 2.08. The number of nitrogens with two attached hydrogens (primary N) is 1. The monoisotopic (exact) mass is 256 g/mol. The van der Waals surface area contributed by atoms with Crippen LogP contribution in [0.1, 0.15) is 24.0 Å². The molecule has 0 aromatic heterocycles. The van der Waals surface area contributed by atoms with Gasteiger partial charge in [0.2, 0.25) is 5.91 Å². The summed E-state index contributed by atoms with van der Waals surface area (Å²) in [6.07, 6.45) is 2.44. The first kappa shape index (κ1) is 15.9. The zero-order valence-corrected chi connectivity index (χ0v) is 11.3. The van der Waals surface area contributed by atoms with E-state index in [0.29, 0.717) is 13.0 Å². The number of halogens is 1. The van der Waals surface area contributed by atoms with Crippen LogP contribution in [-0.2, 0) is 17.8 Å². The molecule has 0 aliphatic rings. The SMILES string of the molecule is CN(C)C(=O)CCCc1cccc(CN)c1.Cl. The lowest BCUT2D eigenvalue weighted by molar-refractivity contribution is -0.128. The lowest BCUT2D eigenvalue weighted by Gasteiger charge is -2.09. The molecule has 0 saturated carbocycles. The number of hydrogen-bond acceptors (Lipinski definition) is 2. The smallest absolute Gasteiger partial charge is 0.222 e. The van der Waals surface area contributed by atoms with Gasteiger partial charge in [0, 0.05) is 27.1 Å². The van der Waals surface area contributed by atoms with E-state index in [2.05, 4.69) is 12.1 Å². The zero-order chi connectivity index (χ0) is 12.0. The normalized spacial score (nSPS) is 9.59. The van der Waals surface area contributed by atoms with E-state index in [0.717, 1.165) is 18.4 Å². The molecule has 1 amide bonds. The molecule has 0 aliphatic carbocycles. The van der Waals surface area contributed by atoms with Crippen LogP contribution in [0.3, 0.4) is 0 Å². The average Bonchev–Trinajstić information content (AvgIpc) is 2.29. The Hall–Kier alpha value is -1.06. The van der Waals surface area contributed by atoms with Crippen molar-refractivity contribution in [3.8, 4) is 0 Å². The van der Waals surface area contributed by atoms with Crippen molar-refractivity contribution in [3.63, 3.8) is 0 Å². The molecule has 2 N–H and O–H groups in total. The number of nitrogens with zero attached hydrogens (tertiary/aromatic N) is 1. The summed E-state index contributed by atoms with van der Waals surface area (Å²) >= 11 is 0. The lowest BCUT2D eigenvalue weighted by Crippen LogP contribution is -2.21. The summed E-state index contributed by atoms with van der Waals surface area (Å²) < 4.78 is 0. The molecular weight excluding hydrogens is 236 g/mol. The van der Waals surface area contributed by atoms with E-state index in [1.165, 1.54) is 5.56 Å². The van der Waals surface area contributed by atoms with Crippen molar-refractivity contribution in [1.29, 1.82) is 0 Å². The molecule has 4 heteroatoms. The van der Waals surface area contributed by atoms with Gasteiger partial charge in [0.05, 0.1) is 0 Å². The molecule has 1 aromatic rings. The summed E-state index contributed by atoms with van der Waals surface area (Å²) in [6, 6.07) is 8.24. The molecule has 1 aromatic carbocycles. The fraction of sp³-hybridized carbons (Fsp3) is 0.462. The largest absolute Gasteiger partial charge is 0.349 e. The van der Waals surface area contributed by atoms with E-state index in [4.69, 9.17) is 5.73 Å². The van der Waals surface area contributed by atoms with Crippen molar-refractivity contribution in [2.24, 2.45) is 5.73 Å². The fourth-order valence-electron chi connectivity index (χ4n) is 1.58. The minimum Gasteiger partial charge on any atom is -0.349 e. The third-order valence-electron chi connectivity index (χ3n) is 2.58. The van der Waals surface area contributed by atoms with Crippen LogP contribution in [0, 0.1) is 0 Å². The first-order valence-corrected chi connectivity index (χ1v) is 5.61. The van der Waals surface area contributed by atoms with Gasteiger partial charge in [-0.05, 0) is 24.0 Å². The van der Waals surface area contributed by atoms with Crippen molar-refractivity contribution >= 4 is 18.3 Å². The van der Waals surface area contributed by atoms with Gasteiger partial charge in [-0.25, -0.2) is 0 Å². The minimum atomic E-state index is 0. The molecule has 0 saturated heterocycles. The number of benzene rings is 1. The number of hydrogen-bond donors (Lipinski definition) is 1. The van der Waals surface area contributed by atoms with E-state index in [1.54, 1.807) is 19.0 Å². The van der Waals surface area contributed by atoms with Gasteiger partial charge in [-0.15, -0.1) is 12.4 Å². The molecule has 0 bridgehead atoms. The number of carbonyl (C=O) groups is 1. The summed E-state index contributed by atoms with van der Waals surface area (Å²) in [6.45, 7) is 0.574. The van der Waals surface area contributed by atoms with Crippen molar-refractivity contribution in [2.75, 3.05) is 14.1 Å². The molecule has 17 heavy (non-hydrogen) atoms. The van der Waals surface area contributed by atoms with Crippen LogP contribution >= 0.6 is 12.4 Å². The standard InChI is InChI=1S/C13H20N2O.ClH/c1-15(2)13(16)8-4-6-11-5-3-7-12(9-11)10-14;/h3,5,7,9H,4,6,8,10,14H2,1-2H3;1H. The van der Waals surface area contributed by atoms with E-state index in [-0.39, 0.29) is 18.3 Å². The number of amides is 1. The van der Waals surface area contributed by atoms with Gasteiger partial charge in [0.25, 0.3) is 0 Å². The zero-order valence-electron chi connectivity index (χ0n) is 10.5. The van der Waals surface area contributed by atoms with Crippen molar-refractivity contribution < 1.29 is 4.79 Å². The fourth-order valence-corrected chi connectivity index (χ4v) is 1.58. The van der Waals surface area contributed by atoms with E-state index in [9.17, 15) is 4.79 Å². The maximum absolute atomic E-state index is 11.4. The highest BCUT2D eigenvalue weighted by Gasteiger charge is 2.03. The van der Waals surface area contributed by atoms with E-state index in [1.807, 2.05) is 12.1 Å². The van der Waals surface area contributed by atoms with E-state index >= 15 is 0 Å². The second kappa shape index (κ2) is 8.09. The van der Waals surface area contributed by atoms with Crippen LogP contribution in [0.2, 0.25) is 0 Å². The average molecular weight is 257 g/mol. The number of rotatable bonds is 5. The molecule has 0 unspecified atom stereocenters. The summed E-state index contributed by atoms with van der Waals surface area (Å²) in [7, 11) is 3.58. The van der Waals surface area contributed by atoms with Gasteiger partial charge in [-0.3, -0.25) is 4.79 Å². The van der Waals surface area contributed by atoms with Crippen LogP contribution < -0.4 is 5.73 Å². The second-order valence-electron chi connectivity index (χ2n) is 4.17. The number of aryl methyl sites for hydroxylation is 1. The first-order valence-electron chi connectivity index (χ1n) is 5.61. The third-order valence-corrected chi connectivity index (χ3v) is 2.58. The number of carbonyl (C=O) groups excluding carboxylic acids is 1. The Kier molecular flexibility index (Phi) is 7.59. The molecule has 96 valence electrons. The predicted octanol–water partition coefficient (Wildman–Crippen LogP) is 1.98. The first-order chi connectivity index (χ1) is 7.63. The van der Waals surface area contributed by atoms with Crippen LogP contribution in [0.4, 0.5) is 0 Å². The molecule has 0 fully saturated rings. The topological polar surface area (TPSA) is 46.3 Å². The summed E-state index contributed by atoms with van der Waals surface area (Å²) in [4.78, 5) is 13.0. The summed E-state index contributed by atoms with van der Waals surface area (Å²) in [5, 5.41) is 0. The molecule has 3 nitrogen and oxygen atoms in total. The molecular formula is C13H21ClN2O. The third kappa shape index (κ3) is 5.71. The molecule has 0 heterocycles. The van der Waals surface area contributed by atoms with Gasteiger partial charge < -0.3 is 10.6 Å². The second-order valence-corrected chi connectivity index (χ2v) is 4.17. The maximum Gasteiger partial charge on any atom is 0.222 e. The van der Waals surface area contributed by atoms with Gasteiger partial charge in [0.15, 0.2) is 0 Å². The Morgan fingerprint density at radius 1 is 1.29 bits per heavy atom. The quantitative estimate of drug-likeness (QED) is 0.876. The van der Waals surface area contributed by atoms with Crippen LogP contribution in [0.25, 0.3) is 0 Å². The lowest BCUT2D eigenvalue weighted by atomic mass is 10.1. The molecule has 0 atom stereocenters. The van der Waals surface area contributed by atoms with E-state index < -0.39 is 0 Å². The highest BCUT2D eigenvalue weighted by molar-refractivity contribution is 5.85. The van der Waals surface area contributed by atoms with Gasteiger partial charge >= 0.3 is 0 Å². The van der Waals surface area contributed by atoms with Crippen LogP contribution in [0.5, 0.6) is 0 Å². The Morgan fingerprint density at radius 3 is 2.53 bits per heavy atom. The highest BCUT2D eigenvalue weighted by atomic mass is 35.5. The Labute approximate surface area is 109 Å². The predicted molar refractivity (Wildman–Crippen MR) is 73.2 cm³/mol. The maximum atomic E-state index is 11.4. The Bertz CT molecular complexity index is 353. The van der Waals surface area contributed by atoms with Crippen molar-refractivity contribution in [3.05, 3.63) is 35.4 Å². The molecule has 0 spiro atoms. The molecule has 0 aliphatic heterocycles. The summed E-state index contributed by atoms with van der Waals surface area (Å²) in [5.74, 6) is 0.190. The van der Waals surface area contributed by atoms with Crippen LogP contribution in [-0.4, -0.2) is 24.9 Å².